The second kappa shape index (κ2) is 3.37. The molecule has 1 aliphatic heterocycles. The molecule has 6 heteroatoms. The summed E-state index contributed by atoms with van der Waals surface area (Å²) in [6.45, 7) is 0.434. The first-order valence-corrected chi connectivity index (χ1v) is 6.45. The van der Waals surface area contributed by atoms with Crippen LogP contribution < -0.4 is 11.3 Å². The maximum absolute atomic E-state index is 11.4. The van der Waals surface area contributed by atoms with E-state index in [9.17, 15) is 13.2 Å². The Kier molecular flexibility index (Phi) is 2.30. The predicted molar refractivity (Wildman–Crippen MR) is 57.3 cm³/mol. The second-order valence-corrected chi connectivity index (χ2v) is 6.05. The lowest BCUT2D eigenvalue weighted by molar-refractivity contribution is 0.460. The van der Waals surface area contributed by atoms with E-state index in [2.05, 4.69) is 0 Å². The standard InChI is InChI=1S/C9H12N2O3S/c10-8-1-2-9(12)11(4-8)3-7-5-15(13,14)6-7/h1-2,4,7H,3,5-6,10H2. The van der Waals surface area contributed by atoms with Gasteiger partial charge in [-0.05, 0) is 6.07 Å². The molecule has 1 aliphatic rings. The van der Waals surface area contributed by atoms with Crippen LogP contribution in [0.5, 0.6) is 0 Å². The summed E-state index contributed by atoms with van der Waals surface area (Å²) in [5.74, 6) is 0.400. The highest BCUT2D eigenvalue weighted by Gasteiger charge is 2.33. The summed E-state index contributed by atoms with van der Waals surface area (Å²) >= 11 is 0. The first-order valence-electron chi connectivity index (χ1n) is 4.63. The normalized spacial score (nSPS) is 19.7. The van der Waals surface area contributed by atoms with Gasteiger partial charge >= 0.3 is 0 Å². The van der Waals surface area contributed by atoms with Gasteiger partial charge in [0.05, 0.1) is 11.5 Å². The number of nitrogens with zero attached hydrogens (tertiary/aromatic N) is 1. The van der Waals surface area contributed by atoms with E-state index in [1.165, 1.54) is 16.7 Å². The molecule has 0 radical (unpaired) electrons. The Hall–Kier alpha value is -1.30. The Labute approximate surface area is 87.4 Å². The SMILES string of the molecule is Nc1ccc(=O)n(CC2CS(=O)(=O)C2)c1. The van der Waals surface area contributed by atoms with Crippen LogP contribution in [0.1, 0.15) is 0 Å². The molecule has 1 saturated heterocycles. The Bertz CT molecular complexity index is 521. The van der Waals surface area contributed by atoms with Crippen LogP contribution in [0.3, 0.4) is 0 Å². The molecule has 0 amide bonds. The number of nitrogen functional groups attached to an aromatic ring is 1. The highest BCUT2D eigenvalue weighted by Crippen LogP contribution is 2.19. The first-order chi connectivity index (χ1) is 6.96. The van der Waals surface area contributed by atoms with Crippen molar-refractivity contribution in [1.29, 1.82) is 0 Å². The molecule has 0 unspecified atom stereocenters. The van der Waals surface area contributed by atoms with E-state index in [0.717, 1.165) is 0 Å². The van der Waals surface area contributed by atoms with Crippen LogP contribution in [0.25, 0.3) is 0 Å². The van der Waals surface area contributed by atoms with Gasteiger partial charge in [-0.1, -0.05) is 0 Å². The minimum atomic E-state index is -2.82. The fourth-order valence-corrected chi connectivity index (χ4v) is 3.30. The van der Waals surface area contributed by atoms with Crippen LogP contribution in [-0.2, 0) is 16.4 Å². The topological polar surface area (TPSA) is 82.2 Å². The minimum absolute atomic E-state index is 0.0505. The molecule has 2 rings (SSSR count). The summed E-state index contributed by atoms with van der Waals surface area (Å²) in [6.07, 6.45) is 1.55. The van der Waals surface area contributed by atoms with Gasteiger partial charge in [0.2, 0.25) is 0 Å². The van der Waals surface area contributed by atoms with Gasteiger partial charge in [0.1, 0.15) is 0 Å². The van der Waals surface area contributed by atoms with Gasteiger partial charge in [-0.25, -0.2) is 8.42 Å². The van der Waals surface area contributed by atoms with Crippen molar-refractivity contribution in [2.75, 3.05) is 17.2 Å². The fraction of sp³-hybridized carbons (Fsp3) is 0.444. The van der Waals surface area contributed by atoms with Crippen LogP contribution >= 0.6 is 0 Å². The van der Waals surface area contributed by atoms with E-state index in [-0.39, 0.29) is 23.0 Å². The minimum Gasteiger partial charge on any atom is -0.398 e. The number of anilines is 1. The molecule has 0 atom stereocenters. The Balaban J connectivity index is 2.12. The lowest BCUT2D eigenvalue weighted by Crippen LogP contribution is -2.40. The highest BCUT2D eigenvalue weighted by atomic mass is 32.2. The molecule has 15 heavy (non-hydrogen) atoms. The van der Waals surface area contributed by atoms with Gasteiger partial charge in [0.15, 0.2) is 9.84 Å². The van der Waals surface area contributed by atoms with E-state index in [0.29, 0.717) is 12.2 Å². The van der Waals surface area contributed by atoms with Crippen molar-refractivity contribution in [3.05, 3.63) is 28.7 Å². The third-order valence-electron chi connectivity index (χ3n) is 2.44. The second-order valence-electron chi connectivity index (χ2n) is 3.90. The average molecular weight is 228 g/mol. The average Bonchev–Trinajstić information content (AvgIpc) is 2.08. The monoisotopic (exact) mass is 228 g/mol. The number of nitrogens with two attached hydrogens (primary N) is 1. The maximum Gasteiger partial charge on any atom is 0.250 e. The van der Waals surface area contributed by atoms with Crippen LogP contribution in [-0.4, -0.2) is 24.5 Å². The van der Waals surface area contributed by atoms with Gasteiger partial charge in [-0.15, -0.1) is 0 Å². The molecule has 2 N–H and O–H groups in total. The third-order valence-corrected chi connectivity index (χ3v) is 4.40. The lowest BCUT2D eigenvalue weighted by Gasteiger charge is -2.26. The van der Waals surface area contributed by atoms with E-state index in [1.54, 1.807) is 6.20 Å². The summed E-state index contributed by atoms with van der Waals surface area (Å²) in [7, 11) is -2.82. The Morgan fingerprint density at radius 3 is 2.67 bits per heavy atom. The van der Waals surface area contributed by atoms with Crippen molar-refractivity contribution >= 4 is 15.5 Å². The summed E-state index contributed by atoms with van der Waals surface area (Å²) in [5, 5.41) is 0. The van der Waals surface area contributed by atoms with Crippen LogP contribution in [0.2, 0.25) is 0 Å². The van der Waals surface area contributed by atoms with Gasteiger partial charge in [0, 0.05) is 30.4 Å². The number of hydrogen-bond acceptors (Lipinski definition) is 4. The van der Waals surface area contributed by atoms with Crippen molar-refractivity contribution in [2.24, 2.45) is 5.92 Å². The molecule has 1 aromatic heterocycles. The zero-order valence-corrected chi connectivity index (χ0v) is 8.90. The van der Waals surface area contributed by atoms with E-state index < -0.39 is 9.84 Å². The summed E-state index contributed by atoms with van der Waals surface area (Å²) in [6, 6.07) is 2.93. The van der Waals surface area contributed by atoms with Crippen molar-refractivity contribution < 1.29 is 8.42 Å². The molecule has 1 fully saturated rings. The Morgan fingerprint density at radius 1 is 1.40 bits per heavy atom. The van der Waals surface area contributed by atoms with Crippen LogP contribution in [0.15, 0.2) is 23.1 Å². The lowest BCUT2D eigenvalue weighted by atomic mass is 10.2. The van der Waals surface area contributed by atoms with Gasteiger partial charge < -0.3 is 10.3 Å². The van der Waals surface area contributed by atoms with Crippen molar-refractivity contribution in [1.82, 2.24) is 4.57 Å². The molecule has 5 nitrogen and oxygen atoms in total. The highest BCUT2D eigenvalue weighted by molar-refractivity contribution is 7.92. The summed E-state index contributed by atoms with van der Waals surface area (Å²) < 4.78 is 23.3. The van der Waals surface area contributed by atoms with E-state index >= 15 is 0 Å². The largest absolute Gasteiger partial charge is 0.398 e. The van der Waals surface area contributed by atoms with Crippen molar-refractivity contribution in [2.45, 2.75) is 6.54 Å². The van der Waals surface area contributed by atoms with Crippen LogP contribution in [0, 0.1) is 5.92 Å². The van der Waals surface area contributed by atoms with E-state index in [4.69, 9.17) is 5.73 Å². The molecule has 0 aromatic carbocycles. The predicted octanol–water partition coefficient (Wildman–Crippen LogP) is -0.525. The zero-order chi connectivity index (χ0) is 11.1. The van der Waals surface area contributed by atoms with Crippen molar-refractivity contribution in [3.63, 3.8) is 0 Å². The summed E-state index contributed by atoms with van der Waals surface area (Å²) in [5.41, 5.74) is 5.90. The third kappa shape index (κ3) is 2.20. The number of hydrogen-bond donors (Lipinski definition) is 1. The molecule has 1 aromatic rings. The number of rotatable bonds is 2. The van der Waals surface area contributed by atoms with Gasteiger partial charge in [-0.3, -0.25) is 4.79 Å². The number of sulfone groups is 1. The quantitative estimate of drug-likeness (QED) is 0.738. The molecule has 2 heterocycles. The summed E-state index contributed by atoms with van der Waals surface area (Å²) in [4.78, 5) is 11.4. The van der Waals surface area contributed by atoms with Crippen molar-refractivity contribution in [3.8, 4) is 0 Å². The molecule has 0 aliphatic carbocycles. The molecule has 0 bridgehead atoms. The van der Waals surface area contributed by atoms with Gasteiger partial charge in [-0.2, -0.15) is 0 Å². The number of aromatic nitrogens is 1. The molecule has 0 spiro atoms. The molecule has 82 valence electrons. The smallest absolute Gasteiger partial charge is 0.250 e. The molecule has 0 saturated carbocycles. The fourth-order valence-electron chi connectivity index (χ4n) is 1.75. The van der Waals surface area contributed by atoms with Crippen LogP contribution in [0.4, 0.5) is 5.69 Å². The molecular weight excluding hydrogens is 216 g/mol. The van der Waals surface area contributed by atoms with E-state index in [1.807, 2.05) is 0 Å². The Morgan fingerprint density at radius 2 is 2.07 bits per heavy atom. The molecular formula is C9H12N2O3S. The first kappa shape index (κ1) is 10.2. The number of pyridine rings is 1. The van der Waals surface area contributed by atoms with Gasteiger partial charge in [0.25, 0.3) is 5.56 Å². The maximum atomic E-state index is 11.4. The zero-order valence-electron chi connectivity index (χ0n) is 8.09.